The lowest BCUT2D eigenvalue weighted by molar-refractivity contribution is 0.0698. The van der Waals surface area contributed by atoms with Gasteiger partial charge in [-0.05, 0) is 31.0 Å². The summed E-state index contributed by atoms with van der Waals surface area (Å²) >= 11 is 0. The third-order valence-electron chi connectivity index (χ3n) is 3.51. The van der Waals surface area contributed by atoms with Gasteiger partial charge in [-0.15, -0.1) is 0 Å². The van der Waals surface area contributed by atoms with Crippen molar-refractivity contribution in [3.8, 4) is 0 Å². The van der Waals surface area contributed by atoms with Crippen LogP contribution in [0.25, 0.3) is 0 Å². The predicted octanol–water partition coefficient (Wildman–Crippen LogP) is 3.10. The number of hydrogen-bond acceptors (Lipinski definition) is 3. The molecule has 1 aromatic carbocycles. The number of carboxylic acids is 1. The molecule has 4 nitrogen and oxygen atoms in total. The molecule has 0 saturated heterocycles. The smallest absolute Gasteiger partial charge is 0.337 e. The van der Waals surface area contributed by atoms with Gasteiger partial charge in [-0.25, -0.2) is 4.79 Å². The molecule has 98 valence electrons. The first-order chi connectivity index (χ1) is 8.66. The maximum Gasteiger partial charge on any atom is 0.337 e. The van der Waals surface area contributed by atoms with Gasteiger partial charge >= 0.3 is 5.97 Å². The van der Waals surface area contributed by atoms with Crippen LogP contribution in [0, 0.1) is 0 Å². The number of nitrogens with two attached hydrogens (primary N) is 1. The minimum Gasteiger partial charge on any atom is -0.478 e. The molecule has 2 rings (SSSR count). The Bertz CT molecular complexity index is 424. The summed E-state index contributed by atoms with van der Waals surface area (Å²) in [4.78, 5) is 11.0. The zero-order valence-corrected chi connectivity index (χ0v) is 10.5. The summed E-state index contributed by atoms with van der Waals surface area (Å²) in [7, 11) is 0. The molecule has 18 heavy (non-hydrogen) atoms. The Morgan fingerprint density at radius 3 is 2.50 bits per heavy atom. The van der Waals surface area contributed by atoms with Crippen molar-refractivity contribution in [1.82, 2.24) is 0 Å². The van der Waals surface area contributed by atoms with Gasteiger partial charge in [0.25, 0.3) is 0 Å². The Balaban J connectivity index is 2.08. The lowest BCUT2D eigenvalue weighted by Crippen LogP contribution is -2.18. The van der Waals surface area contributed by atoms with Crippen molar-refractivity contribution in [3.05, 3.63) is 23.8 Å². The molecule has 4 heteroatoms. The molecule has 0 bridgehead atoms. The fraction of sp³-hybridized carbons (Fsp3) is 0.500. The van der Waals surface area contributed by atoms with Crippen molar-refractivity contribution in [1.29, 1.82) is 0 Å². The van der Waals surface area contributed by atoms with E-state index in [1.54, 1.807) is 12.1 Å². The Morgan fingerprint density at radius 2 is 1.89 bits per heavy atom. The maximum atomic E-state index is 11.0. The van der Waals surface area contributed by atoms with Crippen LogP contribution < -0.4 is 11.1 Å². The largest absolute Gasteiger partial charge is 0.478 e. The van der Waals surface area contributed by atoms with Crippen molar-refractivity contribution in [2.75, 3.05) is 11.1 Å². The Kier molecular flexibility index (Phi) is 4.07. The number of nitrogen functional groups attached to an aromatic ring is 1. The van der Waals surface area contributed by atoms with E-state index in [0.717, 1.165) is 18.5 Å². The molecule has 1 aliphatic rings. The fourth-order valence-corrected chi connectivity index (χ4v) is 2.49. The van der Waals surface area contributed by atoms with E-state index in [1.165, 1.54) is 25.7 Å². The number of rotatable bonds is 3. The fourth-order valence-electron chi connectivity index (χ4n) is 2.49. The average Bonchev–Trinajstić information content (AvgIpc) is 2.60. The van der Waals surface area contributed by atoms with E-state index in [4.69, 9.17) is 10.8 Å². The quantitative estimate of drug-likeness (QED) is 0.567. The molecule has 1 aliphatic carbocycles. The SMILES string of the molecule is Nc1ccc(NC2CCCCCC2)cc1C(=O)O. The Morgan fingerprint density at radius 1 is 1.22 bits per heavy atom. The maximum absolute atomic E-state index is 11.0. The highest BCUT2D eigenvalue weighted by molar-refractivity contribution is 5.94. The van der Waals surface area contributed by atoms with Gasteiger partial charge in [0.1, 0.15) is 0 Å². The molecule has 0 spiro atoms. The standard InChI is InChI=1S/C14H20N2O2/c15-13-8-7-11(9-12(13)14(17)18)16-10-5-3-1-2-4-6-10/h7-10,16H,1-6,15H2,(H,17,18). The first-order valence-corrected chi connectivity index (χ1v) is 6.56. The topological polar surface area (TPSA) is 75.3 Å². The van der Waals surface area contributed by atoms with Crippen LogP contribution in [0.4, 0.5) is 11.4 Å². The second-order valence-corrected chi connectivity index (χ2v) is 4.94. The zero-order chi connectivity index (χ0) is 13.0. The molecule has 0 aliphatic heterocycles. The van der Waals surface area contributed by atoms with E-state index in [1.807, 2.05) is 6.07 Å². The van der Waals surface area contributed by atoms with Crippen LogP contribution in [-0.2, 0) is 0 Å². The third kappa shape index (κ3) is 3.15. The van der Waals surface area contributed by atoms with E-state index in [0.29, 0.717) is 11.7 Å². The van der Waals surface area contributed by atoms with Crippen molar-refractivity contribution >= 4 is 17.3 Å². The van der Waals surface area contributed by atoms with Gasteiger partial charge in [-0.2, -0.15) is 0 Å². The monoisotopic (exact) mass is 248 g/mol. The van der Waals surface area contributed by atoms with Crippen LogP contribution in [0.2, 0.25) is 0 Å². The third-order valence-corrected chi connectivity index (χ3v) is 3.51. The molecular formula is C14H20N2O2. The summed E-state index contributed by atoms with van der Waals surface area (Å²) in [5.74, 6) is -0.975. The second kappa shape index (κ2) is 5.76. The average molecular weight is 248 g/mol. The molecule has 0 atom stereocenters. The van der Waals surface area contributed by atoms with Gasteiger partial charge in [0, 0.05) is 17.4 Å². The summed E-state index contributed by atoms with van der Waals surface area (Å²) in [6.45, 7) is 0. The molecule has 0 radical (unpaired) electrons. The van der Waals surface area contributed by atoms with Crippen LogP contribution in [0.3, 0.4) is 0 Å². The van der Waals surface area contributed by atoms with Crippen LogP contribution in [-0.4, -0.2) is 17.1 Å². The van der Waals surface area contributed by atoms with E-state index in [9.17, 15) is 4.79 Å². The summed E-state index contributed by atoms with van der Waals surface area (Å²) < 4.78 is 0. The van der Waals surface area contributed by atoms with Crippen LogP contribution in [0.15, 0.2) is 18.2 Å². The summed E-state index contributed by atoms with van der Waals surface area (Å²) in [6, 6.07) is 5.59. The van der Waals surface area contributed by atoms with Crippen molar-refractivity contribution in [3.63, 3.8) is 0 Å². The molecule has 0 unspecified atom stereocenters. The highest BCUT2D eigenvalue weighted by Gasteiger charge is 2.13. The number of aromatic carboxylic acids is 1. The first kappa shape index (κ1) is 12.7. The first-order valence-electron chi connectivity index (χ1n) is 6.56. The Labute approximate surface area is 107 Å². The number of hydrogen-bond donors (Lipinski definition) is 3. The van der Waals surface area contributed by atoms with Gasteiger partial charge in [0.15, 0.2) is 0 Å². The molecule has 1 saturated carbocycles. The van der Waals surface area contributed by atoms with Gasteiger partial charge in [-0.1, -0.05) is 25.7 Å². The highest BCUT2D eigenvalue weighted by Crippen LogP contribution is 2.23. The molecule has 0 aromatic heterocycles. The van der Waals surface area contributed by atoms with Crippen LogP contribution in [0.1, 0.15) is 48.9 Å². The van der Waals surface area contributed by atoms with E-state index in [2.05, 4.69) is 5.32 Å². The van der Waals surface area contributed by atoms with Crippen LogP contribution in [0.5, 0.6) is 0 Å². The molecule has 4 N–H and O–H groups in total. The van der Waals surface area contributed by atoms with E-state index in [-0.39, 0.29) is 5.56 Å². The number of carbonyl (C=O) groups is 1. The van der Waals surface area contributed by atoms with E-state index >= 15 is 0 Å². The second-order valence-electron chi connectivity index (χ2n) is 4.94. The van der Waals surface area contributed by atoms with Crippen molar-refractivity contribution in [2.45, 2.75) is 44.6 Å². The van der Waals surface area contributed by atoms with Gasteiger partial charge in [0.2, 0.25) is 0 Å². The number of benzene rings is 1. The molecular weight excluding hydrogens is 228 g/mol. The number of nitrogens with one attached hydrogen (secondary N) is 1. The van der Waals surface area contributed by atoms with Gasteiger partial charge in [-0.3, -0.25) is 0 Å². The van der Waals surface area contributed by atoms with E-state index < -0.39 is 5.97 Å². The number of anilines is 2. The minimum absolute atomic E-state index is 0.175. The Hall–Kier alpha value is -1.71. The summed E-state index contributed by atoms with van der Waals surface area (Å²) in [5.41, 5.74) is 6.98. The summed E-state index contributed by atoms with van der Waals surface area (Å²) in [5, 5.41) is 12.5. The molecule has 1 aromatic rings. The van der Waals surface area contributed by atoms with Gasteiger partial charge < -0.3 is 16.2 Å². The zero-order valence-electron chi connectivity index (χ0n) is 10.5. The molecule has 1 fully saturated rings. The summed E-state index contributed by atoms with van der Waals surface area (Å²) in [6.07, 6.45) is 7.43. The lowest BCUT2D eigenvalue weighted by Gasteiger charge is -2.18. The van der Waals surface area contributed by atoms with Crippen LogP contribution >= 0.6 is 0 Å². The highest BCUT2D eigenvalue weighted by atomic mass is 16.4. The minimum atomic E-state index is -0.975. The molecule has 0 amide bonds. The van der Waals surface area contributed by atoms with Crippen molar-refractivity contribution in [2.24, 2.45) is 0 Å². The number of carboxylic acid groups (broad SMARTS) is 1. The van der Waals surface area contributed by atoms with Crippen molar-refractivity contribution < 1.29 is 9.90 Å². The van der Waals surface area contributed by atoms with Gasteiger partial charge in [0.05, 0.1) is 5.56 Å². The predicted molar refractivity (Wildman–Crippen MR) is 72.9 cm³/mol. The lowest BCUT2D eigenvalue weighted by atomic mass is 10.1. The normalized spacial score (nSPS) is 17.1. The molecule has 0 heterocycles.